The third-order valence-electron chi connectivity index (χ3n) is 3.83. The molecule has 0 saturated heterocycles. The van der Waals surface area contributed by atoms with E-state index in [1.165, 1.54) is 19.3 Å². The molecule has 1 aliphatic rings. The first kappa shape index (κ1) is 13.9. The molecule has 19 heavy (non-hydrogen) atoms. The van der Waals surface area contributed by atoms with Gasteiger partial charge in [0, 0.05) is 18.7 Å². The van der Waals surface area contributed by atoms with Crippen molar-refractivity contribution in [2.24, 2.45) is 0 Å². The number of hydrogen-bond acceptors (Lipinski definition) is 2. The molecular weight excluding hydrogens is 238 g/mol. The average Bonchev–Trinajstić information content (AvgIpc) is 2.47. The van der Waals surface area contributed by atoms with Crippen molar-refractivity contribution in [3.8, 4) is 5.75 Å². The number of amides is 1. The molecule has 0 aliphatic heterocycles. The van der Waals surface area contributed by atoms with Crippen LogP contribution in [0, 0.1) is 0 Å². The minimum absolute atomic E-state index is 0.105. The summed E-state index contributed by atoms with van der Waals surface area (Å²) in [6.45, 7) is 2.57. The third-order valence-corrected chi connectivity index (χ3v) is 3.83. The summed E-state index contributed by atoms with van der Waals surface area (Å²) in [7, 11) is 1.92. The molecule has 2 rings (SSSR count). The fraction of sp³-hybridized carbons (Fsp3) is 0.562. The highest BCUT2D eigenvalue weighted by molar-refractivity contribution is 5.94. The summed E-state index contributed by atoms with van der Waals surface area (Å²) in [5, 5.41) is 0. The number of ether oxygens (including phenoxy) is 1. The Bertz CT molecular complexity index is 425. The summed E-state index contributed by atoms with van der Waals surface area (Å²) in [5.74, 6) is 0.874. The van der Waals surface area contributed by atoms with Crippen LogP contribution in [0.4, 0.5) is 0 Å². The molecule has 0 radical (unpaired) electrons. The maximum atomic E-state index is 12.5. The Hall–Kier alpha value is -1.51. The van der Waals surface area contributed by atoms with E-state index in [1.807, 2.05) is 43.1 Å². The predicted octanol–water partition coefficient (Wildman–Crippen LogP) is 3.49. The van der Waals surface area contributed by atoms with Gasteiger partial charge < -0.3 is 9.64 Å². The van der Waals surface area contributed by atoms with E-state index in [-0.39, 0.29) is 5.91 Å². The molecule has 3 heteroatoms. The van der Waals surface area contributed by atoms with Gasteiger partial charge in [-0.25, -0.2) is 0 Å². The largest absolute Gasteiger partial charge is 0.494 e. The van der Waals surface area contributed by atoms with Crippen LogP contribution >= 0.6 is 0 Å². The molecule has 1 amide bonds. The van der Waals surface area contributed by atoms with Gasteiger partial charge in [-0.2, -0.15) is 0 Å². The molecule has 1 aliphatic carbocycles. The Kier molecular flexibility index (Phi) is 4.83. The van der Waals surface area contributed by atoms with Crippen LogP contribution in [-0.4, -0.2) is 30.5 Å². The second-order valence-corrected chi connectivity index (χ2v) is 5.17. The highest BCUT2D eigenvalue weighted by atomic mass is 16.5. The van der Waals surface area contributed by atoms with E-state index in [1.54, 1.807) is 0 Å². The second-order valence-electron chi connectivity index (χ2n) is 5.17. The third kappa shape index (κ3) is 3.49. The summed E-state index contributed by atoms with van der Waals surface area (Å²) in [5.41, 5.74) is 0.721. The molecule has 3 nitrogen and oxygen atoms in total. The van der Waals surface area contributed by atoms with Gasteiger partial charge in [0.1, 0.15) is 5.75 Å². The van der Waals surface area contributed by atoms with Gasteiger partial charge in [-0.15, -0.1) is 0 Å². The number of benzene rings is 1. The highest BCUT2D eigenvalue weighted by Crippen LogP contribution is 2.23. The van der Waals surface area contributed by atoms with Gasteiger partial charge in [-0.1, -0.05) is 25.3 Å². The topological polar surface area (TPSA) is 29.5 Å². The molecule has 0 spiro atoms. The van der Waals surface area contributed by atoms with Gasteiger partial charge >= 0.3 is 0 Å². The minimum Gasteiger partial charge on any atom is -0.494 e. The van der Waals surface area contributed by atoms with E-state index in [2.05, 4.69) is 0 Å². The van der Waals surface area contributed by atoms with Crippen molar-refractivity contribution in [2.75, 3.05) is 13.7 Å². The smallest absolute Gasteiger partial charge is 0.253 e. The van der Waals surface area contributed by atoms with Crippen LogP contribution in [0.5, 0.6) is 5.75 Å². The first-order chi connectivity index (χ1) is 9.22. The average molecular weight is 261 g/mol. The number of nitrogens with zero attached hydrogens (tertiary/aromatic N) is 1. The molecule has 0 aromatic heterocycles. The van der Waals surface area contributed by atoms with Crippen molar-refractivity contribution in [3.05, 3.63) is 29.8 Å². The summed E-state index contributed by atoms with van der Waals surface area (Å²) in [6.07, 6.45) is 6.04. The first-order valence-corrected chi connectivity index (χ1v) is 7.22. The van der Waals surface area contributed by atoms with Crippen molar-refractivity contribution >= 4 is 5.91 Å². The van der Waals surface area contributed by atoms with Gasteiger partial charge in [0.25, 0.3) is 5.91 Å². The molecule has 1 aromatic rings. The normalized spacial score (nSPS) is 16.1. The number of carbonyl (C=O) groups excluding carboxylic acids is 1. The van der Waals surface area contributed by atoms with E-state index in [9.17, 15) is 4.79 Å². The number of carbonyl (C=O) groups is 1. The Labute approximate surface area is 115 Å². The fourth-order valence-corrected chi connectivity index (χ4v) is 2.72. The van der Waals surface area contributed by atoms with Crippen LogP contribution in [0.1, 0.15) is 49.4 Å². The Morgan fingerprint density at radius 2 is 2.05 bits per heavy atom. The molecule has 0 bridgehead atoms. The van der Waals surface area contributed by atoms with Crippen LogP contribution in [0.2, 0.25) is 0 Å². The van der Waals surface area contributed by atoms with Gasteiger partial charge in [0.05, 0.1) is 6.61 Å². The van der Waals surface area contributed by atoms with Crippen molar-refractivity contribution in [3.63, 3.8) is 0 Å². The van der Waals surface area contributed by atoms with Crippen LogP contribution in [0.15, 0.2) is 24.3 Å². The van der Waals surface area contributed by atoms with E-state index in [4.69, 9.17) is 4.74 Å². The van der Waals surface area contributed by atoms with E-state index in [0.717, 1.165) is 24.2 Å². The molecule has 0 unspecified atom stereocenters. The molecular formula is C16H23NO2. The molecule has 104 valence electrons. The van der Waals surface area contributed by atoms with Crippen LogP contribution < -0.4 is 4.74 Å². The Morgan fingerprint density at radius 1 is 1.32 bits per heavy atom. The van der Waals surface area contributed by atoms with E-state index in [0.29, 0.717) is 12.6 Å². The lowest BCUT2D eigenvalue weighted by Gasteiger charge is -2.31. The van der Waals surface area contributed by atoms with Crippen molar-refractivity contribution in [2.45, 2.75) is 45.1 Å². The zero-order valence-electron chi connectivity index (χ0n) is 11.9. The van der Waals surface area contributed by atoms with Crippen molar-refractivity contribution in [1.82, 2.24) is 4.90 Å². The van der Waals surface area contributed by atoms with E-state index < -0.39 is 0 Å². The van der Waals surface area contributed by atoms with Crippen LogP contribution in [0.3, 0.4) is 0 Å². The Balaban J connectivity index is 2.07. The molecule has 0 heterocycles. The van der Waals surface area contributed by atoms with Gasteiger partial charge in [-0.3, -0.25) is 4.79 Å². The summed E-state index contributed by atoms with van der Waals surface area (Å²) < 4.78 is 5.45. The molecule has 0 atom stereocenters. The zero-order chi connectivity index (χ0) is 13.7. The summed E-state index contributed by atoms with van der Waals surface area (Å²) in [4.78, 5) is 14.4. The first-order valence-electron chi connectivity index (χ1n) is 7.22. The van der Waals surface area contributed by atoms with Gasteiger partial charge in [0.2, 0.25) is 0 Å². The lowest BCUT2D eigenvalue weighted by Crippen LogP contribution is -2.38. The van der Waals surface area contributed by atoms with Crippen LogP contribution in [-0.2, 0) is 0 Å². The van der Waals surface area contributed by atoms with Crippen molar-refractivity contribution < 1.29 is 9.53 Å². The SMILES string of the molecule is CCOc1cccc(C(=O)N(C)C2CCCCC2)c1. The number of hydrogen-bond donors (Lipinski definition) is 0. The van der Waals surface area contributed by atoms with Gasteiger partial charge in [0.15, 0.2) is 0 Å². The fourth-order valence-electron chi connectivity index (χ4n) is 2.72. The van der Waals surface area contributed by atoms with Crippen molar-refractivity contribution in [1.29, 1.82) is 0 Å². The highest BCUT2D eigenvalue weighted by Gasteiger charge is 2.23. The molecule has 1 aromatic carbocycles. The maximum absolute atomic E-state index is 12.5. The lowest BCUT2D eigenvalue weighted by atomic mass is 9.94. The number of rotatable bonds is 4. The monoisotopic (exact) mass is 261 g/mol. The minimum atomic E-state index is 0.105. The second kappa shape index (κ2) is 6.60. The lowest BCUT2D eigenvalue weighted by molar-refractivity contribution is 0.0696. The standard InChI is InChI=1S/C16H23NO2/c1-3-19-15-11-7-8-13(12-15)16(18)17(2)14-9-5-4-6-10-14/h7-8,11-12,14H,3-6,9-10H2,1-2H3. The summed E-state index contributed by atoms with van der Waals surface area (Å²) >= 11 is 0. The zero-order valence-corrected chi connectivity index (χ0v) is 11.9. The van der Waals surface area contributed by atoms with Crippen LogP contribution in [0.25, 0.3) is 0 Å². The molecule has 1 saturated carbocycles. The van der Waals surface area contributed by atoms with Gasteiger partial charge in [-0.05, 0) is 38.0 Å². The maximum Gasteiger partial charge on any atom is 0.253 e. The predicted molar refractivity (Wildman–Crippen MR) is 76.6 cm³/mol. The van der Waals surface area contributed by atoms with E-state index >= 15 is 0 Å². The summed E-state index contributed by atoms with van der Waals surface area (Å²) in [6, 6.07) is 7.88. The molecule has 1 fully saturated rings. The Morgan fingerprint density at radius 3 is 2.74 bits per heavy atom. The molecule has 0 N–H and O–H groups in total. The quantitative estimate of drug-likeness (QED) is 0.830.